The summed E-state index contributed by atoms with van der Waals surface area (Å²) in [6.45, 7) is 8.23. The van der Waals surface area contributed by atoms with Crippen molar-refractivity contribution in [1.29, 1.82) is 0 Å². The molecule has 0 radical (unpaired) electrons. The molecule has 2 fully saturated rings. The van der Waals surface area contributed by atoms with E-state index in [9.17, 15) is 9.59 Å². The standard InChI is InChI=1S/C21H29N5O2/c1-2-26-19-8-4-3-7-18(19)22-20(26)15-24-9-5-6-17(14-24)21(28)25-12-10-23(16-27)11-13-25/h3-4,7-8,16-17H,2,5-6,9-15H2,1H3/t17-/m1/s1. The summed E-state index contributed by atoms with van der Waals surface area (Å²) >= 11 is 0. The lowest BCUT2D eigenvalue weighted by Crippen LogP contribution is -2.52. The quantitative estimate of drug-likeness (QED) is 0.736. The van der Waals surface area contributed by atoms with Gasteiger partial charge in [0.2, 0.25) is 12.3 Å². The minimum Gasteiger partial charge on any atom is -0.342 e. The Morgan fingerprint density at radius 1 is 1.18 bits per heavy atom. The summed E-state index contributed by atoms with van der Waals surface area (Å²) in [5, 5.41) is 0. The van der Waals surface area contributed by atoms with Crippen molar-refractivity contribution in [3.8, 4) is 0 Å². The van der Waals surface area contributed by atoms with E-state index in [2.05, 4.69) is 34.6 Å². The van der Waals surface area contributed by atoms with Gasteiger partial charge < -0.3 is 14.4 Å². The van der Waals surface area contributed by atoms with Crippen LogP contribution in [0.5, 0.6) is 0 Å². The number of carbonyl (C=O) groups is 2. The molecule has 2 saturated heterocycles. The van der Waals surface area contributed by atoms with Gasteiger partial charge in [0.15, 0.2) is 0 Å². The van der Waals surface area contributed by atoms with E-state index in [-0.39, 0.29) is 11.8 Å². The van der Waals surface area contributed by atoms with Crippen molar-refractivity contribution < 1.29 is 9.59 Å². The molecular formula is C21H29N5O2. The highest BCUT2D eigenvalue weighted by Crippen LogP contribution is 2.23. The number of benzene rings is 1. The molecule has 0 bridgehead atoms. The first-order valence-corrected chi connectivity index (χ1v) is 10.3. The van der Waals surface area contributed by atoms with Crippen molar-refractivity contribution in [2.75, 3.05) is 39.3 Å². The van der Waals surface area contributed by atoms with E-state index in [0.717, 1.165) is 56.8 Å². The molecule has 1 aromatic heterocycles. The summed E-state index contributed by atoms with van der Waals surface area (Å²) < 4.78 is 2.28. The molecule has 7 heteroatoms. The van der Waals surface area contributed by atoms with Crippen LogP contribution in [0.15, 0.2) is 24.3 Å². The number of hydrogen-bond donors (Lipinski definition) is 0. The number of para-hydroxylation sites is 2. The Morgan fingerprint density at radius 3 is 2.71 bits per heavy atom. The Hall–Kier alpha value is -2.41. The number of hydrogen-bond acceptors (Lipinski definition) is 4. The van der Waals surface area contributed by atoms with Crippen LogP contribution in [-0.4, -0.2) is 75.8 Å². The molecule has 3 heterocycles. The SMILES string of the molecule is CCn1c(CN2CCC[C@@H](C(=O)N3CCN(C=O)CC3)C2)nc2ccccc21. The zero-order chi connectivity index (χ0) is 19.5. The number of fused-ring (bicyclic) bond motifs is 1. The Labute approximate surface area is 165 Å². The lowest BCUT2D eigenvalue weighted by Gasteiger charge is -2.38. The van der Waals surface area contributed by atoms with Crippen LogP contribution in [0.25, 0.3) is 11.0 Å². The van der Waals surface area contributed by atoms with Gasteiger partial charge in [-0.25, -0.2) is 4.98 Å². The predicted molar refractivity (Wildman–Crippen MR) is 108 cm³/mol. The summed E-state index contributed by atoms with van der Waals surface area (Å²) in [6, 6.07) is 8.27. The molecule has 1 atom stereocenters. The molecule has 1 aromatic carbocycles. The summed E-state index contributed by atoms with van der Waals surface area (Å²) in [7, 11) is 0. The molecule has 0 aliphatic carbocycles. The second-order valence-electron chi connectivity index (χ2n) is 7.80. The van der Waals surface area contributed by atoms with Gasteiger partial charge in [0.25, 0.3) is 0 Å². The summed E-state index contributed by atoms with van der Waals surface area (Å²) in [5.74, 6) is 1.38. The summed E-state index contributed by atoms with van der Waals surface area (Å²) in [5.41, 5.74) is 2.22. The van der Waals surface area contributed by atoms with E-state index < -0.39 is 0 Å². The molecule has 0 spiro atoms. The Kier molecular flexibility index (Phi) is 5.62. The number of rotatable bonds is 5. The van der Waals surface area contributed by atoms with Crippen LogP contribution < -0.4 is 0 Å². The zero-order valence-electron chi connectivity index (χ0n) is 16.6. The molecule has 7 nitrogen and oxygen atoms in total. The first kappa shape index (κ1) is 18.9. The van der Waals surface area contributed by atoms with Crippen LogP contribution in [0, 0.1) is 5.92 Å². The van der Waals surface area contributed by atoms with E-state index in [0.29, 0.717) is 26.2 Å². The molecule has 2 aliphatic heterocycles. The number of nitrogens with zero attached hydrogens (tertiary/aromatic N) is 5. The zero-order valence-corrected chi connectivity index (χ0v) is 16.6. The maximum Gasteiger partial charge on any atom is 0.227 e. The molecule has 2 aliphatic rings. The Bertz CT molecular complexity index is 840. The lowest BCUT2D eigenvalue weighted by atomic mass is 9.96. The van der Waals surface area contributed by atoms with E-state index in [1.165, 1.54) is 5.52 Å². The van der Waals surface area contributed by atoms with Crippen LogP contribution in [0.2, 0.25) is 0 Å². The number of imidazole rings is 1. The topological polar surface area (TPSA) is 61.7 Å². The van der Waals surface area contributed by atoms with E-state index >= 15 is 0 Å². The third-order valence-corrected chi connectivity index (χ3v) is 6.04. The Morgan fingerprint density at radius 2 is 1.96 bits per heavy atom. The maximum atomic E-state index is 13.0. The minimum atomic E-state index is 0.0518. The van der Waals surface area contributed by atoms with Gasteiger partial charge in [0.05, 0.1) is 23.5 Å². The molecular weight excluding hydrogens is 354 g/mol. The molecule has 2 aromatic rings. The van der Waals surface area contributed by atoms with Crippen LogP contribution in [0.1, 0.15) is 25.6 Å². The normalized spacial score (nSPS) is 21.2. The van der Waals surface area contributed by atoms with Crippen molar-refractivity contribution >= 4 is 23.4 Å². The second-order valence-corrected chi connectivity index (χ2v) is 7.80. The van der Waals surface area contributed by atoms with Crippen molar-refractivity contribution in [3.05, 3.63) is 30.1 Å². The first-order valence-electron chi connectivity index (χ1n) is 10.3. The van der Waals surface area contributed by atoms with Gasteiger partial charge in [-0.2, -0.15) is 0 Å². The van der Waals surface area contributed by atoms with Crippen molar-refractivity contribution in [2.45, 2.75) is 32.9 Å². The number of aryl methyl sites for hydroxylation is 1. The first-order chi connectivity index (χ1) is 13.7. The second kappa shape index (κ2) is 8.31. The molecule has 0 unspecified atom stereocenters. The van der Waals surface area contributed by atoms with E-state index in [4.69, 9.17) is 4.98 Å². The number of piperazine rings is 1. The highest BCUT2D eigenvalue weighted by atomic mass is 16.2. The maximum absolute atomic E-state index is 13.0. The van der Waals surface area contributed by atoms with Gasteiger partial charge in [-0.1, -0.05) is 12.1 Å². The minimum absolute atomic E-state index is 0.0518. The molecule has 28 heavy (non-hydrogen) atoms. The number of carbonyl (C=O) groups excluding carboxylic acids is 2. The third kappa shape index (κ3) is 3.76. The van der Waals surface area contributed by atoms with Crippen molar-refractivity contribution in [1.82, 2.24) is 24.3 Å². The largest absolute Gasteiger partial charge is 0.342 e. The number of amides is 2. The van der Waals surface area contributed by atoms with Crippen molar-refractivity contribution in [2.24, 2.45) is 5.92 Å². The lowest BCUT2D eigenvalue weighted by molar-refractivity contribution is -0.140. The predicted octanol–water partition coefficient (Wildman–Crippen LogP) is 1.57. The molecule has 0 N–H and O–H groups in total. The third-order valence-electron chi connectivity index (χ3n) is 6.04. The van der Waals surface area contributed by atoms with Crippen LogP contribution in [0.4, 0.5) is 0 Å². The summed E-state index contributed by atoms with van der Waals surface area (Å²) in [6.07, 6.45) is 2.87. The van der Waals surface area contributed by atoms with E-state index in [1.807, 2.05) is 11.0 Å². The van der Waals surface area contributed by atoms with Crippen LogP contribution in [-0.2, 0) is 22.7 Å². The highest BCUT2D eigenvalue weighted by molar-refractivity contribution is 5.79. The van der Waals surface area contributed by atoms with Gasteiger partial charge >= 0.3 is 0 Å². The van der Waals surface area contributed by atoms with Gasteiger partial charge in [0, 0.05) is 39.3 Å². The fourth-order valence-corrected chi connectivity index (χ4v) is 4.51. The Balaban J connectivity index is 1.42. The van der Waals surface area contributed by atoms with Gasteiger partial charge in [0.1, 0.15) is 5.82 Å². The number of likely N-dealkylation sites (tertiary alicyclic amines) is 1. The van der Waals surface area contributed by atoms with Gasteiger partial charge in [-0.15, -0.1) is 0 Å². The van der Waals surface area contributed by atoms with Crippen LogP contribution in [0.3, 0.4) is 0 Å². The molecule has 150 valence electrons. The number of aromatic nitrogens is 2. The fraction of sp³-hybridized carbons (Fsp3) is 0.571. The fourth-order valence-electron chi connectivity index (χ4n) is 4.51. The smallest absolute Gasteiger partial charge is 0.227 e. The van der Waals surface area contributed by atoms with E-state index in [1.54, 1.807) is 4.90 Å². The van der Waals surface area contributed by atoms with Gasteiger partial charge in [-0.05, 0) is 38.4 Å². The highest BCUT2D eigenvalue weighted by Gasteiger charge is 2.31. The molecule has 2 amide bonds. The average molecular weight is 383 g/mol. The average Bonchev–Trinajstić information content (AvgIpc) is 3.10. The van der Waals surface area contributed by atoms with Crippen LogP contribution >= 0.6 is 0 Å². The summed E-state index contributed by atoms with van der Waals surface area (Å²) in [4.78, 5) is 34.8. The molecule has 0 saturated carbocycles. The molecule has 4 rings (SSSR count). The monoisotopic (exact) mass is 383 g/mol. The van der Waals surface area contributed by atoms with Gasteiger partial charge in [-0.3, -0.25) is 14.5 Å². The number of piperidine rings is 1. The van der Waals surface area contributed by atoms with Crippen molar-refractivity contribution in [3.63, 3.8) is 0 Å².